The molecule has 0 aromatic rings. The fourth-order valence-corrected chi connectivity index (χ4v) is 8.20. The van der Waals surface area contributed by atoms with Crippen LogP contribution in [0.4, 0.5) is 0 Å². The van der Waals surface area contributed by atoms with Crippen molar-refractivity contribution < 1.29 is 39.6 Å². The molecule has 38 heavy (non-hydrogen) atoms. The maximum atomic E-state index is 12.3. The minimum absolute atomic E-state index is 0.136. The van der Waals surface area contributed by atoms with Gasteiger partial charge in [-0.05, 0) is 62.1 Å². The van der Waals surface area contributed by atoms with Crippen molar-refractivity contribution in [1.82, 2.24) is 0 Å². The predicted octanol–water partition coefficient (Wildman–Crippen LogP) is 1.56. The lowest BCUT2D eigenvalue weighted by Gasteiger charge is -2.61. The van der Waals surface area contributed by atoms with Gasteiger partial charge in [-0.1, -0.05) is 39.8 Å². The van der Waals surface area contributed by atoms with Gasteiger partial charge in [-0.2, -0.15) is 0 Å². The average molecular weight is 525 g/mol. The van der Waals surface area contributed by atoms with Gasteiger partial charge in [-0.15, -0.1) is 0 Å². The number of aliphatic hydroxyl groups is 4. The van der Waals surface area contributed by atoms with Gasteiger partial charge in [-0.25, -0.2) is 0 Å². The second-order valence-electron chi connectivity index (χ2n) is 13.1. The molecule has 2 saturated carbocycles. The van der Waals surface area contributed by atoms with Gasteiger partial charge >= 0.3 is 0 Å². The summed E-state index contributed by atoms with van der Waals surface area (Å²) in [7, 11) is 0. The SMILES string of the molecule is C[C@@H]1[C@@H](O)[C@]2(C)C(=O)C=CC3=CC(=O)[C@@]1(O)C[C@@]32C.C[C@@H]1[C@@H](O)[C@]2(C)C(=O)C=CC3=CC(=O)[C@@]1(O)C[C@@]32C. The lowest BCUT2D eigenvalue weighted by atomic mass is 9.42. The normalized spacial score (nSPS) is 52.2. The Morgan fingerprint density at radius 3 is 1.24 bits per heavy atom. The number of hydrogen-bond acceptors (Lipinski definition) is 8. The Hall–Kier alpha value is -2.52. The van der Waals surface area contributed by atoms with E-state index in [-0.39, 0.29) is 36.0 Å². The van der Waals surface area contributed by atoms with Crippen LogP contribution in [-0.4, -0.2) is 67.0 Å². The number of aliphatic hydroxyl groups excluding tert-OH is 2. The van der Waals surface area contributed by atoms with Gasteiger partial charge in [0, 0.05) is 22.7 Å². The van der Waals surface area contributed by atoms with Crippen LogP contribution in [0.2, 0.25) is 0 Å². The molecule has 0 heterocycles. The first-order chi connectivity index (χ1) is 17.4. The highest BCUT2D eigenvalue weighted by molar-refractivity contribution is 6.06. The fourth-order valence-electron chi connectivity index (χ4n) is 8.20. The van der Waals surface area contributed by atoms with Crippen molar-refractivity contribution in [2.45, 2.75) is 77.8 Å². The van der Waals surface area contributed by atoms with E-state index < -0.39 is 56.9 Å². The largest absolute Gasteiger partial charge is 0.392 e. The zero-order valence-corrected chi connectivity index (χ0v) is 22.6. The summed E-state index contributed by atoms with van der Waals surface area (Å²) in [6.07, 6.45) is 7.33. The summed E-state index contributed by atoms with van der Waals surface area (Å²) in [5.41, 5.74) is -5.04. The molecular formula is C30H36O8. The number of rotatable bonds is 0. The standard InChI is InChI=1S/2C15H18O4/c2*1-8-12(18)14(3)10(16)5-4-9-6-11(17)15(8,19)7-13(9,14)2/h2*4-6,8,12,18-19H,7H2,1-3H3/t2*8-,12-,13+,14+,15-/m11/s1. The number of hydrogen-bond donors (Lipinski definition) is 4. The second-order valence-corrected chi connectivity index (χ2v) is 13.1. The number of ketones is 4. The molecule has 0 saturated heterocycles. The molecule has 204 valence electrons. The molecule has 4 bridgehead atoms. The number of fused-ring (bicyclic) bond motifs is 2. The molecule has 10 atom stereocenters. The van der Waals surface area contributed by atoms with Gasteiger partial charge in [-0.3, -0.25) is 19.2 Å². The van der Waals surface area contributed by atoms with Gasteiger partial charge in [0.05, 0.1) is 23.0 Å². The third kappa shape index (κ3) is 2.74. The van der Waals surface area contributed by atoms with Crippen LogP contribution in [-0.2, 0) is 19.2 Å². The fraction of sp³-hybridized carbons (Fsp3) is 0.600. The van der Waals surface area contributed by atoms with Crippen LogP contribution in [0.5, 0.6) is 0 Å². The van der Waals surface area contributed by atoms with E-state index in [1.165, 1.54) is 24.3 Å². The average Bonchev–Trinajstić information content (AvgIpc) is 2.85. The highest BCUT2D eigenvalue weighted by Crippen LogP contribution is 2.64. The highest BCUT2D eigenvalue weighted by Gasteiger charge is 2.70. The Balaban J connectivity index is 0.000000155. The van der Waals surface area contributed by atoms with Crippen molar-refractivity contribution in [2.75, 3.05) is 0 Å². The number of carbonyl (C=O) groups excluding carboxylic acids is 4. The van der Waals surface area contributed by atoms with E-state index >= 15 is 0 Å². The molecule has 6 rings (SSSR count). The van der Waals surface area contributed by atoms with Crippen molar-refractivity contribution >= 4 is 23.1 Å². The first-order valence-electron chi connectivity index (χ1n) is 13.1. The van der Waals surface area contributed by atoms with Crippen LogP contribution in [0.25, 0.3) is 0 Å². The summed E-state index contributed by atoms with van der Waals surface area (Å²) in [5, 5.41) is 42.4. The Kier molecular flexibility index (Phi) is 5.39. The van der Waals surface area contributed by atoms with E-state index in [0.29, 0.717) is 0 Å². The third-order valence-electron chi connectivity index (χ3n) is 11.7. The summed E-state index contributed by atoms with van der Waals surface area (Å²) in [6, 6.07) is 0. The van der Waals surface area contributed by atoms with E-state index in [0.717, 1.165) is 11.1 Å². The molecule has 2 fully saturated rings. The van der Waals surface area contributed by atoms with Gasteiger partial charge in [0.2, 0.25) is 0 Å². The molecule has 0 aromatic heterocycles. The Bertz CT molecular complexity index is 1220. The van der Waals surface area contributed by atoms with Crippen molar-refractivity contribution in [3.63, 3.8) is 0 Å². The topological polar surface area (TPSA) is 149 Å². The molecule has 8 nitrogen and oxygen atoms in total. The third-order valence-corrected chi connectivity index (χ3v) is 11.7. The minimum Gasteiger partial charge on any atom is -0.392 e. The molecule has 0 spiro atoms. The molecule has 0 aromatic carbocycles. The number of carbonyl (C=O) groups is 4. The van der Waals surface area contributed by atoms with Crippen LogP contribution >= 0.6 is 0 Å². The maximum Gasteiger partial charge on any atom is 0.187 e. The summed E-state index contributed by atoms with van der Waals surface area (Å²) in [4.78, 5) is 49.0. The van der Waals surface area contributed by atoms with Gasteiger partial charge < -0.3 is 20.4 Å². The van der Waals surface area contributed by atoms with Crippen molar-refractivity contribution in [3.8, 4) is 0 Å². The van der Waals surface area contributed by atoms with Gasteiger partial charge in [0.15, 0.2) is 23.1 Å². The summed E-state index contributed by atoms with van der Waals surface area (Å²) >= 11 is 0. The van der Waals surface area contributed by atoms with Crippen molar-refractivity contribution in [1.29, 1.82) is 0 Å². The van der Waals surface area contributed by atoms with Crippen molar-refractivity contribution in [3.05, 3.63) is 47.6 Å². The molecule has 0 amide bonds. The zero-order chi connectivity index (χ0) is 28.4. The van der Waals surface area contributed by atoms with Gasteiger partial charge in [0.1, 0.15) is 11.2 Å². The second kappa shape index (κ2) is 7.56. The molecule has 6 aliphatic rings. The first kappa shape index (κ1) is 27.1. The minimum atomic E-state index is -1.57. The molecule has 0 aliphatic heterocycles. The van der Waals surface area contributed by atoms with Crippen LogP contribution in [0.15, 0.2) is 47.6 Å². The summed E-state index contributed by atoms with van der Waals surface area (Å²) in [5.74, 6) is -2.33. The summed E-state index contributed by atoms with van der Waals surface area (Å²) in [6.45, 7) is 10.5. The van der Waals surface area contributed by atoms with Crippen LogP contribution in [0.3, 0.4) is 0 Å². The van der Waals surface area contributed by atoms with E-state index in [4.69, 9.17) is 0 Å². The molecule has 6 aliphatic carbocycles. The van der Waals surface area contributed by atoms with Crippen LogP contribution < -0.4 is 0 Å². The van der Waals surface area contributed by atoms with E-state index in [1.807, 2.05) is 13.8 Å². The lowest BCUT2D eigenvalue weighted by molar-refractivity contribution is -0.202. The Morgan fingerprint density at radius 2 is 0.921 bits per heavy atom. The molecule has 0 unspecified atom stereocenters. The monoisotopic (exact) mass is 524 g/mol. The van der Waals surface area contributed by atoms with E-state index in [9.17, 15) is 39.6 Å². The quantitative estimate of drug-likeness (QED) is 0.373. The molecule has 8 heteroatoms. The summed E-state index contributed by atoms with van der Waals surface area (Å²) < 4.78 is 0. The van der Waals surface area contributed by atoms with Crippen molar-refractivity contribution in [2.24, 2.45) is 33.5 Å². The molecular weight excluding hydrogens is 488 g/mol. The lowest BCUT2D eigenvalue weighted by Crippen LogP contribution is -2.70. The maximum absolute atomic E-state index is 12.3. The van der Waals surface area contributed by atoms with Crippen LogP contribution in [0, 0.1) is 33.5 Å². The Morgan fingerprint density at radius 1 is 0.605 bits per heavy atom. The first-order valence-corrected chi connectivity index (χ1v) is 13.1. The Labute approximate surface area is 221 Å². The highest BCUT2D eigenvalue weighted by atomic mass is 16.3. The smallest absolute Gasteiger partial charge is 0.187 e. The zero-order valence-electron chi connectivity index (χ0n) is 22.6. The molecule has 4 N–H and O–H groups in total. The van der Waals surface area contributed by atoms with Gasteiger partial charge in [0.25, 0.3) is 0 Å². The number of allylic oxidation sites excluding steroid dienone is 6. The predicted molar refractivity (Wildman–Crippen MR) is 136 cm³/mol. The van der Waals surface area contributed by atoms with E-state index in [1.54, 1.807) is 39.8 Å². The van der Waals surface area contributed by atoms with Crippen LogP contribution in [0.1, 0.15) is 54.4 Å². The van der Waals surface area contributed by atoms with E-state index in [2.05, 4.69) is 0 Å². The molecule has 0 radical (unpaired) electrons.